The molecule has 1 aliphatic heterocycles. The highest BCUT2D eigenvalue weighted by Crippen LogP contribution is 2.25. The molecule has 0 saturated carbocycles. The number of sulfone groups is 1. The quantitative estimate of drug-likeness (QED) is 0.581. The maximum atomic E-state index is 13.3. The molecule has 1 aliphatic rings. The van der Waals surface area contributed by atoms with Gasteiger partial charge in [0.15, 0.2) is 0 Å². The molecule has 1 fully saturated rings. The highest BCUT2D eigenvalue weighted by molar-refractivity contribution is 7.91. The summed E-state index contributed by atoms with van der Waals surface area (Å²) in [5.74, 6) is -0.745. The van der Waals surface area contributed by atoms with E-state index in [1.807, 2.05) is 6.92 Å². The van der Waals surface area contributed by atoms with Crippen LogP contribution in [0, 0.1) is 12.8 Å². The molecule has 2 aromatic heterocycles. The van der Waals surface area contributed by atoms with Crippen molar-refractivity contribution in [1.29, 1.82) is 0 Å². The van der Waals surface area contributed by atoms with E-state index < -0.39 is 15.8 Å². The Bertz CT molecular complexity index is 1210. The van der Waals surface area contributed by atoms with Gasteiger partial charge in [0.05, 0.1) is 23.4 Å². The molecule has 33 heavy (non-hydrogen) atoms. The number of pyridine rings is 1. The normalized spacial score (nSPS) is 15.7. The Morgan fingerprint density at radius 1 is 1.09 bits per heavy atom. The number of hydrogen-bond acceptors (Lipinski definition) is 8. The summed E-state index contributed by atoms with van der Waals surface area (Å²) in [5, 5.41) is 6.55. The lowest BCUT2D eigenvalue weighted by atomic mass is 10.0. The summed E-state index contributed by atoms with van der Waals surface area (Å²) in [5.41, 5.74) is 2.55. The van der Waals surface area contributed by atoms with Crippen LogP contribution in [0.4, 0.5) is 11.4 Å². The molecule has 1 saturated heterocycles. The summed E-state index contributed by atoms with van der Waals surface area (Å²) < 4.78 is 28.3. The first-order valence-electron chi connectivity index (χ1n) is 10.4. The minimum atomic E-state index is -3.11. The third-order valence-corrected chi connectivity index (χ3v) is 7.18. The zero-order valence-corrected chi connectivity index (χ0v) is 18.8. The van der Waals surface area contributed by atoms with Gasteiger partial charge < -0.3 is 14.7 Å². The van der Waals surface area contributed by atoms with Crippen LogP contribution in [-0.2, 0) is 19.4 Å². The first-order valence-corrected chi connectivity index (χ1v) is 12.2. The van der Waals surface area contributed by atoms with Crippen molar-refractivity contribution < 1.29 is 22.5 Å². The van der Waals surface area contributed by atoms with E-state index >= 15 is 0 Å². The summed E-state index contributed by atoms with van der Waals surface area (Å²) in [7, 11) is -3.11. The molecule has 10 nitrogen and oxygen atoms in total. The summed E-state index contributed by atoms with van der Waals surface area (Å²) in [6, 6.07) is 10.4. The zero-order valence-electron chi connectivity index (χ0n) is 18.0. The van der Waals surface area contributed by atoms with Crippen molar-refractivity contribution in [1.82, 2.24) is 15.1 Å². The van der Waals surface area contributed by atoms with Crippen LogP contribution in [0.1, 0.15) is 18.5 Å². The third-order valence-electron chi connectivity index (χ3n) is 5.47. The number of carbonyl (C=O) groups is 2. The molecule has 0 radical (unpaired) electrons. The molecule has 2 amide bonds. The fraction of sp³-hybridized carbons (Fsp3) is 0.318. The molecular weight excluding hydrogens is 446 g/mol. The van der Waals surface area contributed by atoms with Crippen LogP contribution < -0.4 is 10.2 Å². The fourth-order valence-electron chi connectivity index (χ4n) is 3.62. The Hall–Kier alpha value is -3.60. The Morgan fingerprint density at radius 3 is 2.42 bits per heavy atom. The van der Waals surface area contributed by atoms with E-state index in [4.69, 9.17) is 4.52 Å². The molecule has 0 aliphatic carbocycles. The molecule has 11 heteroatoms. The van der Waals surface area contributed by atoms with Crippen molar-refractivity contribution in [2.75, 3.05) is 28.3 Å². The number of carbonyl (C=O) groups excluding carboxylic acids is 2. The highest BCUT2D eigenvalue weighted by Gasteiger charge is 2.32. The van der Waals surface area contributed by atoms with E-state index in [9.17, 15) is 18.0 Å². The SMILES string of the molecule is Cc1ccc(N(CC(=O)Nc2ccc(-c3ncon3)cc2)C(=O)C2CCS(=O)(=O)CC2)cn1. The monoisotopic (exact) mass is 469 g/mol. The second kappa shape index (κ2) is 9.49. The van der Waals surface area contributed by atoms with Crippen LogP contribution in [0.15, 0.2) is 53.5 Å². The Morgan fingerprint density at radius 2 is 1.82 bits per heavy atom. The smallest absolute Gasteiger partial charge is 0.244 e. The van der Waals surface area contributed by atoms with Gasteiger partial charge in [0.2, 0.25) is 24.0 Å². The lowest BCUT2D eigenvalue weighted by molar-refractivity contribution is -0.124. The van der Waals surface area contributed by atoms with E-state index in [-0.39, 0.29) is 42.7 Å². The molecule has 1 N–H and O–H groups in total. The molecule has 4 rings (SSSR count). The van der Waals surface area contributed by atoms with Gasteiger partial charge >= 0.3 is 0 Å². The van der Waals surface area contributed by atoms with Gasteiger partial charge in [0.1, 0.15) is 16.4 Å². The van der Waals surface area contributed by atoms with E-state index in [1.165, 1.54) is 11.3 Å². The minimum Gasteiger partial charge on any atom is -0.342 e. The molecular formula is C22H23N5O5S. The van der Waals surface area contributed by atoms with Gasteiger partial charge in [-0.2, -0.15) is 4.98 Å². The molecule has 172 valence electrons. The van der Waals surface area contributed by atoms with Crippen LogP contribution in [0.25, 0.3) is 11.4 Å². The molecule has 1 aromatic carbocycles. The van der Waals surface area contributed by atoms with Gasteiger partial charge in [-0.1, -0.05) is 5.16 Å². The fourth-order valence-corrected chi connectivity index (χ4v) is 5.11. The average molecular weight is 470 g/mol. The Labute approximate surface area is 190 Å². The van der Waals surface area contributed by atoms with Crippen LogP contribution >= 0.6 is 0 Å². The lowest BCUT2D eigenvalue weighted by Crippen LogP contribution is -2.43. The van der Waals surface area contributed by atoms with Crippen molar-refractivity contribution in [2.24, 2.45) is 5.92 Å². The molecule has 3 heterocycles. The topological polar surface area (TPSA) is 135 Å². The maximum absolute atomic E-state index is 13.3. The van der Waals surface area contributed by atoms with E-state index in [1.54, 1.807) is 42.6 Å². The highest BCUT2D eigenvalue weighted by atomic mass is 32.2. The number of aryl methyl sites for hydroxylation is 1. The van der Waals surface area contributed by atoms with Crippen molar-refractivity contribution in [2.45, 2.75) is 19.8 Å². The zero-order chi connectivity index (χ0) is 23.4. The summed E-state index contributed by atoms with van der Waals surface area (Å²) in [4.78, 5) is 35.6. The first-order chi connectivity index (χ1) is 15.8. The minimum absolute atomic E-state index is 0.0255. The van der Waals surface area contributed by atoms with E-state index in [2.05, 4.69) is 20.4 Å². The van der Waals surface area contributed by atoms with Crippen molar-refractivity contribution in [3.8, 4) is 11.4 Å². The number of amides is 2. The van der Waals surface area contributed by atoms with Gasteiger partial charge in [-0.25, -0.2) is 8.42 Å². The van der Waals surface area contributed by atoms with Crippen molar-refractivity contribution >= 4 is 33.0 Å². The molecule has 3 aromatic rings. The number of anilines is 2. The number of nitrogens with zero attached hydrogens (tertiary/aromatic N) is 4. The van der Waals surface area contributed by atoms with Crippen LogP contribution in [-0.4, -0.2) is 53.4 Å². The van der Waals surface area contributed by atoms with Gasteiger partial charge in [0.25, 0.3) is 0 Å². The summed E-state index contributed by atoms with van der Waals surface area (Å²) in [6.45, 7) is 1.60. The lowest BCUT2D eigenvalue weighted by Gasteiger charge is -2.29. The summed E-state index contributed by atoms with van der Waals surface area (Å²) >= 11 is 0. The van der Waals surface area contributed by atoms with Crippen LogP contribution in [0.5, 0.6) is 0 Å². The van der Waals surface area contributed by atoms with Gasteiger partial charge in [-0.3, -0.25) is 14.6 Å². The van der Waals surface area contributed by atoms with Gasteiger partial charge in [0, 0.05) is 22.9 Å². The number of rotatable bonds is 6. The largest absolute Gasteiger partial charge is 0.342 e. The predicted molar refractivity (Wildman–Crippen MR) is 121 cm³/mol. The Balaban J connectivity index is 1.48. The summed E-state index contributed by atoms with van der Waals surface area (Å²) in [6.07, 6.45) is 3.27. The first kappa shape index (κ1) is 22.6. The third kappa shape index (κ3) is 5.61. The number of hydrogen-bond donors (Lipinski definition) is 1. The molecule has 0 unspecified atom stereocenters. The predicted octanol–water partition coefficient (Wildman–Crippen LogP) is 2.24. The van der Waals surface area contributed by atoms with Crippen LogP contribution in [0.2, 0.25) is 0 Å². The average Bonchev–Trinajstić information content (AvgIpc) is 3.33. The molecule has 0 atom stereocenters. The van der Waals surface area contributed by atoms with E-state index in [0.29, 0.717) is 17.2 Å². The standard InChI is InChI=1S/C22H23N5O5S/c1-15-2-7-19(12-23-15)27(22(29)17-8-10-33(30,31)11-9-17)13-20(28)25-18-5-3-16(4-6-18)21-24-14-32-26-21/h2-7,12,14,17H,8-11,13H2,1H3,(H,25,28). The second-order valence-electron chi connectivity index (χ2n) is 7.89. The van der Waals surface area contributed by atoms with Crippen molar-refractivity contribution in [3.63, 3.8) is 0 Å². The van der Waals surface area contributed by atoms with Gasteiger partial charge in [-0.15, -0.1) is 0 Å². The van der Waals surface area contributed by atoms with Crippen LogP contribution in [0.3, 0.4) is 0 Å². The van der Waals surface area contributed by atoms with Gasteiger partial charge in [-0.05, 0) is 56.2 Å². The Kier molecular flexibility index (Phi) is 6.50. The molecule has 0 bridgehead atoms. The van der Waals surface area contributed by atoms with Crippen molar-refractivity contribution in [3.05, 3.63) is 54.7 Å². The molecule has 0 spiro atoms. The maximum Gasteiger partial charge on any atom is 0.244 e. The second-order valence-corrected chi connectivity index (χ2v) is 10.2. The number of aromatic nitrogens is 3. The number of benzene rings is 1. The number of nitrogens with one attached hydrogen (secondary N) is 1. The van der Waals surface area contributed by atoms with E-state index in [0.717, 1.165) is 11.3 Å².